The van der Waals surface area contributed by atoms with Gasteiger partial charge in [0.15, 0.2) is 6.61 Å². The molecule has 0 aliphatic heterocycles. The van der Waals surface area contributed by atoms with Crippen molar-refractivity contribution >= 4 is 40.3 Å². The Bertz CT molecular complexity index is 578. The molecule has 0 unspecified atom stereocenters. The molecule has 2 nitrogen and oxygen atoms in total. The summed E-state index contributed by atoms with van der Waals surface area (Å²) >= 11 is 13.1. The van der Waals surface area contributed by atoms with Gasteiger partial charge in [-0.1, -0.05) is 23.2 Å². The van der Waals surface area contributed by atoms with Crippen LogP contribution in [0.3, 0.4) is 0 Å². The van der Waals surface area contributed by atoms with Gasteiger partial charge in [0.1, 0.15) is 5.75 Å². The summed E-state index contributed by atoms with van der Waals surface area (Å²) in [5.41, 5.74) is 0. The molecule has 0 amide bonds. The molecule has 5 heteroatoms. The number of benzene rings is 1. The van der Waals surface area contributed by atoms with Crippen LogP contribution in [0.25, 0.3) is 0 Å². The van der Waals surface area contributed by atoms with Crippen molar-refractivity contribution in [1.82, 2.24) is 0 Å². The second kappa shape index (κ2) is 5.74. The van der Waals surface area contributed by atoms with Crippen molar-refractivity contribution in [1.29, 1.82) is 0 Å². The lowest BCUT2D eigenvalue weighted by Gasteiger charge is -2.05. The molecule has 2 aromatic rings. The van der Waals surface area contributed by atoms with E-state index in [1.54, 1.807) is 24.3 Å². The highest BCUT2D eigenvalue weighted by Crippen LogP contribution is 2.26. The van der Waals surface area contributed by atoms with Crippen molar-refractivity contribution in [3.8, 4) is 5.75 Å². The molecular weight excluding hydrogens is 291 g/mol. The predicted octanol–water partition coefficient (Wildman–Crippen LogP) is 4.63. The Morgan fingerprint density at radius 1 is 1.22 bits per heavy atom. The van der Waals surface area contributed by atoms with Crippen LogP contribution in [0.1, 0.15) is 14.5 Å². The van der Waals surface area contributed by atoms with Gasteiger partial charge in [0.05, 0.1) is 14.9 Å². The molecule has 0 radical (unpaired) electrons. The molecule has 1 aromatic carbocycles. The molecule has 0 N–H and O–H groups in total. The zero-order valence-corrected chi connectivity index (χ0v) is 11.9. The third-order valence-corrected chi connectivity index (χ3v) is 4.06. The number of ketones is 1. The minimum atomic E-state index is -0.0424. The van der Waals surface area contributed by atoms with Gasteiger partial charge in [-0.15, -0.1) is 11.3 Å². The van der Waals surface area contributed by atoms with Crippen LogP contribution in [0.5, 0.6) is 5.75 Å². The first kappa shape index (κ1) is 13.4. The molecule has 0 aliphatic carbocycles. The molecule has 0 spiro atoms. The van der Waals surface area contributed by atoms with Crippen molar-refractivity contribution in [3.63, 3.8) is 0 Å². The van der Waals surface area contributed by atoms with E-state index in [-0.39, 0.29) is 12.4 Å². The van der Waals surface area contributed by atoms with E-state index in [0.717, 1.165) is 4.88 Å². The second-order valence-corrected chi connectivity index (χ2v) is 5.80. The zero-order valence-electron chi connectivity index (χ0n) is 9.57. The maximum Gasteiger partial charge on any atom is 0.210 e. The highest BCUT2D eigenvalue weighted by molar-refractivity contribution is 7.14. The summed E-state index contributed by atoms with van der Waals surface area (Å²) in [6.45, 7) is 1.96. The average molecular weight is 301 g/mol. The van der Waals surface area contributed by atoms with Crippen molar-refractivity contribution in [2.24, 2.45) is 0 Å². The second-order valence-electron chi connectivity index (χ2n) is 3.70. The van der Waals surface area contributed by atoms with Gasteiger partial charge in [0.25, 0.3) is 0 Å². The molecule has 0 bridgehead atoms. The fraction of sp³-hybridized carbons (Fsp3) is 0.154. The van der Waals surface area contributed by atoms with Crippen LogP contribution in [0, 0.1) is 6.92 Å². The van der Waals surface area contributed by atoms with Gasteiger partial charge < -0.3 is 4.74 Å². The molecule has 0 saturated carbocycles. The summed E-state index contributed by atoms with van der Waals surface area (Å²) in [6.07, 6.45) is 0. The third kappa shape index (κ3) is 3.25. The number of hydrogen-bond donors (Lipinski definition) is 0. The van der Waals surface area contributed by atoms with E-state index >= 15 is 0 Å². The van der Waals surface area contributed by atoms with Crippen LogP contribution in [0.15, 0.2) is 30.3 Å². The molecule has 2 rings (SSSR count). The lowest BCUT2D eigenvalue weighted by molar-refractivity contribution is 0.0925. The predicted molar refractivity (Wildman–Crippen MR) is 75.3 cm³/mol. The summed E-state index contributed by atoms with van der Waals surface area (Å²) in [5.74, 6) is 0.491. The number of Topliss-reactive ketones (excluding diaryl/α,β-unsaturated/α-hetero) is 1. The highest BCUT2D eigenvalue weighted by Gasteiger charge is 2.09. The number of rotatable bonds is 4. The summed E-state index contributed by atoms with van der Waals surface area (Å²) in [5, 5.41) is 0.873. The highest BCUT2D eigenvalue weighted by atomic mass is 35.5. The van der Waals surface area contributed by atoms with Crippen molar-refractivity contribution in [2.45, 2.75) is 6.92 Å². The SMILES string of the molecule is Cc1ccc(C(=O)COc2ccc(Cl)c(Cl)c2)s1. The quantitative estimate of drug-likeness (QED) is 0.770. The molecule has 1 aromatic heterocycles. The number of thiophene rings is 1. The van der Waals surface area contributed by atoms with Crippen LogP contribution in [0.2, 0.25) is 10.0 Å². The number of hydrogen-bond acceptors (Lipinski definition) is 3. The number of carbonyl (C=O) groups excluding carboxylic acids is 1. The molecule has 94 valence electrons. The van der Waals surface area contributed by atoms with Gasteiger partial charge in [0, 0.05) is 10.9 Å². The Labute approximate surface area is 119 Å². The normalized spacial score (nSPS) is 10.4. The lowest BCUT2D eigenvalue weighted by Crippen LogP contribution is -2.09. The van der Waals surface area contributed by atoms with Crippen molar-refractivity contribution < 1.29 is 9.53 Å². The maximum absolute atomic E-state index is 11.8. The van der Waals surface area contributed by atoms with Gasteiger partial charge in [-0.3, -0.25) is 4.79 Å². The topological polar surface area (TPSA) is 26.3 Å². The van der Waals surface area contributed by atoms with Gasteiger partial charge in [-0.25, -0.2) is 0 Å². The van der Waals surface area contributed by atoms with E-state index in [1.165, 1.54) is 11.3 Å². The Morgan fingerprint density at radius 2 is 2.00 bits per heavy atom. The molecule has 1 heterocycles. The first-order valence-electron chi connectivity index (χ1n) is 5.24. The fourth-order valence-corrected chi connectivity index (χ4v) is 2.45. The minimum absolute atomic E-state index is 0.00207. The standard InChI is InChI=1S/C13H10Cl2O2S/c1-8-2-5-13(18-8)12(16)7-17-9-3-4-10(14)11(15)6-9/h2-6H,7H2,1H3. The van der Waals surface area contributed by atoms with E-state index in [0.29, 0.717) is 20.7 Å². The number of ether oxygens (including phenoxy) is 1. The number of halogens is 2. The van der Waals surface area contributed by atoms with Crippen LogP contribution in [-0.4, -0.2) is 12.4 Å². The summed E-state index contributed by atoms with van der Waals surface area (Å²) in [4.78, 5) is 13.6. The van der Waals surface area contributed by atoms with E-state index in [1.807, 2.05) is 13.0 Å². The van der Waals surface area contributed by atoms with E-state index < -0.39 is 0 Å². The minimum Gasteiger partial charge on any atom is -0.485 e. The van der Waals surface area contributed by atoms with Crippen LogP contribution < -0.4 is 4.74 Å². The summed E-state index contributed by atoms with van der Waals surface area (Å²) < 4.78 is 5.38. The molecule has 18 heavy (non-hydrogen) atoms. The Kier molecular flexibility index (Phi) is 4.27. The Hall–Kier alpha value is -1.03. The van der Waals surface area contributed by atoms with E-state index in [4.69, 9.17) is 27.9 Å². The largest absolute Gasteiger partial charge is 0.485 e. The first-order chi connectivity index (χ1) is 8.56. The molecular formula is C13H10Cl2O2S. The van der Waals surface area contributed by atoms with E-state index in [2.05, 4.69) is 0 Å². The number of carbonyl (C=O) groups is 1. The van der Waals surface area contributed by atoms with Gasteiger partial charge in [0.2, 0.25) is 5.78 Å². The van der Waals surface area contributed by atoms with Crippen LogP contribution in [-0.2, 0) is 0 Å². The number of aryl methyl sites for hydroxylation is 1. The summed E-state index contributed by atoms with van der Waals surface area (Å²) in [7, 11) is 0. The summed E-state index contributed by atoms with van der Waals surface area (Å²) in [6, 6.07) is 8.63. The monoisotopic (exact) mass is 300 g/mol. The smallest absolute Gasteiger partial charge is 0.210 e. The van der Waals surface area contributed by atoms with Crippen molar-refractivity contribution in [2.75, 3.05) is 6.61 Å². The van der Waals surface area contributed by atoms with Gasteiger partial charge in [-0.05, 0) is 31.2 Å². The van der Waals surface area contributed by atoms with E-state index in [9.17, 15) is 4.79 Å². The van der Waals surface area contributed by atoms with Crippen LogP contribution >= 0.6 is 34.5 Å². The molecule has 0 fully saturated rings. The first-order valence-corrected chi connectivity index (χ1v) is 6.81. The lowest BCUT2D eigenvalue weighted by atomic mass is 10.3. The zero-order chi connectivity index (χ0) is 13.1. The van der Waals surface area contributed by atoms with Gasteiger partial charge in [-0.2, -0.15) is 0 Å². The molecule has 0 aliphatic rings. The van der Waals surface area contributed by atoms with Crippen molar-refractivity contribution in [3.05, 3.63) is 50.1 Å². The molecule has 0 atom stereocenters. The third-order valence-electron chi connectivity index (χ3n) is 2.28. The maximum atomic E-state index is 11.8. The average Bonchev–Trinajstić information content (AvgIpc) is 2.77. The molecule has 0 saturated heterocycles. The van der Waals surface area contributed by atoms with Crippen LogP contribution in [0.4, 0.5) is 0 Å². The Balaban J connectivity index is 1.99. The Morgan fingerprint density at radius 3 is 2.61 bits per heavy atom. The van der Waals surface area contributed by atoms with Gasteiger partial charge >= 0.3 is 0 Å². The fourth-order valence-electron chi connectivity index (χ4n) is 1.37.